The molecule has 21 heteroatoms. The fourth-order valence-electron chi connectivity index (χ4n) is 6.63. The molecule has 13 nitrogen and oxygen atoms in total. The van der Waals surface area contributed by atoms with Gasteiger partial charge >= 0.3 is 24.1 Å². The Morgan fingerprint density at radius 2 is 0.765 bits per heavy atom. The number of nitrogens with zero attached hydrogens (tertiary/aromatic N) is 1. The zero-order chi connectivity index (χ0) is 65.9. The maximum atomic E-state index is 14.4. The summed E-state index contributed by atoms with van der Waals surface area (Å²) in [5.74, 6) is -3.46. The lowest BCUT2D eigenvalue weighted by molar-refractivity contribution is -0.155. The molecule has 0 saturated carbocycles. The van der Waals surface area contributed by atoms with Crippen molar-refractivity contribution in [2.75, 3.05) is 27.8 Å². The number of benzene rings is 6. The number of imide groups is 1. The second-order valence-electron chi connectivity index (χ2n) is 23.4. The van der Waals surface area contributed by atoms with Crippen LogP contribution in [0.2, 0.25) is 0 Å². The largest absolute Gasteiger partial charge is 0.460 e. The maximum Gasteiger partial charge on any atom is 0.424 e. The van der Waals surface area contributed by atoms with E-state index < -0.39 is 69.8 Å². The number of hydrogen-bond donors (Lipinski definition) is 4. The normalized spacial score (nSPS) is 10.9. The van der Waals surface area contributed by atoms with Crippen LogP contribution in [-0.2, 0) is 41.4 Å². The van der Waals surface area contributed by atoms with Crippen molar-refractivity contribution in [1.82, 2.24) is 0 Å². The summed E-state index contributed by atoms with van der Waals surface area (Å²) in [6.45, 7) is 30.4. The lowest BCUT2D eigenvalue weighted by Crippen LogP contribution is -2.44. The summed E-state index contributed by atoms with van der Waals surface area (Å²) in [4.78, 5) is 48.5. The SMILES string of the molecule is Cc1ccc(N)c(N)c1F.Cc1cccc(CC(=O)OC(C)(C)C)c1F.Cc1cccc(N(C(=O)OC(C)(C)C)C(=O)OC(C)(C)C)c1F.Cc1cccc(N)c1F.[B]c1ccc(C)c(F)c1CC(=O)OC(C)(C)C.[B]c1ccc(C)c(F)c1N. The number of rotatable bonds is 5. The van der Waals surface area contributed by atoms with Gasteiger partial charge in [-0.15, -0.1) is 0 Å². The van der Waals surface area contributed by atoms with Crippen LogP contribution in [0.25, 0.3) is 0 Å². The quantitative estimate of drug-likeness (QED) is 0.0417. The third-order valence-electron chi connectivity index (χ3n) is 10.8. The number of nitrogen functional groups attached to an aromatic ring is 4. The van der Waals surface area contributed by atoms with E-state index in [2.05, 4.69) is 0 Å². The molecule has 0 atom stereocenters. The zero-order valence-corrected chi connectivity index (χ0v) is 52.0. The minimum Gasteiger partial charge on any atom is -0.460 e. The Hall–Kier alpha value is -8.09. The van der Waals surface area contributed by atoms with Crippen molar-refractivity contribution in [3.63, 3.8) is 0 Å². The molecule has 0 spiro atoms. The van der Waals surface area contributed by atoms with E-state index >= 15 is 0 Å². The summed E-state index contributed by atoms with van der Waals surface area (Å²) in [6, 6.07) is 24.0. The second kappa shape index (κ2) is 32.3. The number of halogens is 6. The van der Waals surface area contributed by atoms with Crippen molar-refractivity contribution in [2.45, 2.75) is 160 Å². The molecule has 4 radical (unpaired) electrons. The molecule has 6 rings (SSSR count). The Morgan fingerprint density at radius 1 is 0.400 bits per heavy atom. The van der Waals surface area contributed by atoms with E-state index in [1.165, 1.54) is 6.07 Å². The van der Waals surface area contributed by atoms with E-state index in [0.29, 0.717) is 55.0 Å². The van der Waals surface area contributed by atoms with E-state index in [9.17, 15) is 45.5 Å². The van der Waals surface area contributed by atoms with Gasteiger partial charge in [0, 0.05) is 0 Å². The van der Waals surface area contributed by atoms with E-state index in [0.717, 1.165) is 0 Å². The van der Waals surface area contributed by atoms with Crippen molar-refractivity contribution in [3.05, 3.63) is 170 Å². The number of aryl methyl sites for hydroxylation is 6. The van der Waals surface area contributed by atoms with Crippen molar-refractivity contribution in [2.24, 2.45) is 0 Å². The van der Waals surface area contributed by atoms with Crippen LogP contribution in [0.1, 0.15) is 128 Å². The molecule has 458 valence electrons. The Labute approximate surface area is 499 Å². The standard InChI is InChI=1S/C17H24FNO4.C13H16BFO2.C13H17FO2.C7H7BFN.C7H9FN2.C7H8FN/c1-11-9-8-10-12(13(11)18)19(14(20)22-16(2,3)4)15(21)23-17(5,6)7;1-8-5-6-10(14)9(12(8)15)7-11(16)17-13(2,3)4;1-9-6-5-7-10(12(9)14)8-11(15)16-13(2,3)4;1-4-2-3-5(8)7(10)6(4)9;1-4-2-3-5(9)7(10)6(4)8;1-5-3-2-4-6(9)7(5)8/h8-10H,1-7H3;5-6H,7H2,1-4H3;5-7H,8H2,1-4H3;2-3H,10H2,1H3;2-3H,9-10H2,1H3;2-4H,9H2,1H3. The molecule has 0 aliphatic heterocycles. The molecular formula is C64H81B2F6N5O8. The molecule has 0 aromatic heterocycles. The van der Waals surface area contributed by atoms with Gasteiger partial charge in [-0.25, -0.2) is 35.9 Å². The van der Waals surface area contributed by atoms with E-state index in [1.807, 2.05) is 0 Å². The monoisotopic (exact) mass is 1180 g/mol. The Bertz CT molecular complexity index is 3110. The molecule has 6 aromatic carbocycles. The summed E-state index contributed by atoms with van der Waals surface area (Å²) < 4.78 is 101. The summed E-state index contributed by atoms with van der Waals surface area (Å²) in [7, 11) is 11.0. The molecule has 0 aliphatic rings. The smallest absolute Gasteiger partial charge is 0.424 e. The van der Waals surface area contributed by atoms with E-state index in [-0.39, 0.29) is 58.3 Å². The van der Waals surface area contributed by atoms with Crippen molar-refractivity contribution >= 4 is 79.2 Å². The molecule has 8 N–H and O–H groups in total. The molecule has 0 saturated heterocycles. The fourth-order valence-corrected chi connectivity index (χ4v) is 6.63. The first kappa shape index (κ1) is 74.9. The number of esters is 2. The van der Waals surface area contributed by atoms with Crippen molar-refractivity contribution in [3.8, 4) is 0 Å². The predicted octanol–water partition coefficient (Wildman–Crippen LogP) is 13.2. The van der Waals surface area contributed by atoms with Crippen LogP contribution in [0.15, 0.2) is 91.0 Å². The van der Waals surface area contributed by atoms with Crippen LogP contribution in [0.3, 0.4) is 0 Å². The minimum atomic E-state index is -0.990. The van der Waals surface area contributed by atoms with Gasteiger partial charge in [0.25, 0.3) is 0 Å². The highest BCUT2D eigenvalue weighted by Crippen LogP contribution is 2.27. The maximum absolute atomic E-state index is 14.4. The highest BCUT2D eigenvalue weighted by atomic mass is 19.1. The fraction of sp³-hybridized carbons (Fsp3) is 0.375. The Kier molecular flexibility index (Phi) is 28.4. The minimum absolute atomic E-state index is 0.0230. The van der Waals surface area contributed by atoms with Gasteiger partial charge in [-0.3, -0.25) is 9.59 Å². The van der Waals surface area contributed by atoms with Gasteiger partial charge in [0.05, 0.1) is 41.3 Å². The van der Waals surface area contributed by atoms with Crippen molar-refractivity contribution in [1.29, 1.82) is 0 Å². The van der Waals surface area contributed by atoms with E-state index in [1.54, 1.807) is 210 Å². The molecule has 6 aromatic rings. The number of anilines is 5. The Morgan fingerprint density at radius 3 is 1.19 bits per heavy atom. The summed E-state index contributed by atoms with van der Waals surface area (Å²) in [5.41, 5.74) is 22.9. The molecular weight excluding hydrogens is 1100 g/mol. The number of ether oxygens (including phenoxy) is 4. The number of carbonyl (C=O) groups is 4. The molecule has 0 fully saturated rings. The van der Waals surface area contributed by atoms with Gasteiger partial charge in [-0.1, -0.05) is 83.7 Å². The van der Waals surface area contributed by atoms with Crippen LogP contribution in [-0.4, -0.2) is 62.2 Å². The third kappa shape index (κ3) is 26.6. The van der Waals surface area contributed by atoms with Crippen LogP contribution < -0.4 is 38.8 Å². The number of nitrogens with two attached hydrogens (primary N) is 4. The van der Waals surface area contributed by atoms with Gasteiger partial charge in [0.2, 0.25) is 0 Å². The highest BCUT2D eigenvalue weighted by molar-refractivity contribution is 6.35. The number of amides is 2. The first-order valence-corrected chi connectivity index (χ1v) is 26.6. The number of carbonyl (C=O) groups excluding carboxylic acids is 4. The lowest BCUT2D eigenvalue weighted by Gasteiger charge is -2.28. The van der Waals surface area contributed by atoms with Gasteiger partial charge in [-0.2, -0.15) is 4.90 Å². The first-order chi connectivity index (χ1) is 38.8. The first-order valence-electron chi connectivity index (χ1n) is 26.6. The zero-order valence-electron chi connectivity index (χ0n) is 52.0. The third-order valence-corrected chi connectivity index (χ3v) is 10.8. The second-order valence-corrected chi connectivity index (χ2v) is 23.4. The average Bonchev–Trinajstić information content (AvgIpc) is 3.30. The lowest BCUT2D eigenvalue weighted by atomic mass is 9.87. The molecule has 2 amide bonds. The average molecular weight is 1180 g/mol. The molecule has 0 aliphatic carbocycles. The molecule has 0 unspecified atom stereocenters. The van der Waals surface area contributed by atoms with Gasteiger partial charge in [-0.05, 0) is 187 Å². The summed E-state index contributed by atoms with van der Waals surface area (Å²) >= 11 is 0. The molecule has 85 heavy (non-hydrogen) atoms. The summed E-state index contributed by atoms with van der Waals surface area (Å²) in [6.07, 6.45) is -2.14. The van der Waals surface area contributed by atoms with Gasteiger partial charge in [0.1, 0.15) is 61.4 Å². The highest BCUT2D eigenvalue weighted by Gasteiger charge is 2.34. The number of hydrogen-bond acceptors (Lipinski definition) is 12. The van der Waals surface area contributed by atoms with Gasteiger partial charge < -0.3 is 41.9 Å². The van der Waals surface area contributed by atoms with Crippen LogP contribution in [0, 0.1) is 76.4 Å². The van der Waals surface area contributed by atoms with Crippen LogP contribution >= 0.6 is 0 Å². The Balaban J connectivity index is 0.000000526. The predicted molar refractivity (Wildman–Crippen MR) is 329 cm³/mol. The van der Waals surface area contributed by atoms with Crippen LogP contribution in [0.4, 0.5) is 64.4 Å². The van der Waals surface area contributed by atoms with Crippen LogP contribution in [0.5, 0.6) is 0 Å². The van der Waals surface area contributed by atoms with E-state index in [4.69, 9.17) is 57.6 Å². The molecule has 0 heterocycles. The van der Waals surface area contributed by atoms with Gasteiger partial charge in [0.15, 0.2) is 11.6 Å². The topological polar surface area (TPSA) is 213 Å². The summed E-state index contributed by atoms with van der Waals surface area (Å²) in [5, 5.41) is 0. The van der Waals surface area contributed by atoms with Crippen molar-refractivity contribution < 1.29 is 64.5 Å². The molecule has 0 bridgehead atoms.